The van der Waals surface area contributed by atoms with Gasteiger partial charge in [0.25, 0.3) is 6.01 Å². The molecule has 100 valence electrons. The van der Waals surface area contributed by atoms with Gasteiger partial charge in [-0.1, -0.05) is 13.8 Å². The lowest BCUT2D eigenvalue weighted by Gasteiger charge is -2.49. The molecule has 2 N–H and O–H groups in total. The van der Waals surface area contributed by atoms with E-state index in [-0.39, 0.29) is 29.3 Å². The molecule has 2 unspecified atom stereocenters. The summed E-state index contributed by atoms with van der Waals surface area (Å²) in [6, 6.07) is 0.365. The van der Waals surface area contributed by atoms with Gasteiger partial charge in [0.15, 0.2) is 5.69 Å². The van der Waals surface area contributed by atoms with Crippen LogP contribution in [0.5, 0.6) is 0 Å². The number of hydrogen-bond acceptors (Lipinski definition) is 6. The highest BCUT2D eigenvalue weighted by Crippen LogP contribution is 2.42. The number of aliphatic hydroxyl groups excluding tert-OH is 1. The van der Waals surface area contributed by atoms with Crippen LogP contribution in [0.25, 0.3) is 0 Å². The molecule has 1 aliphatic rings. The normalized spacial score (nSPS) is 25.3. The quantitative estimate of drug-likeness (QED) is 0.790. The summed E-state index contributed by atoms with van der Waals surface area (Å²) >= 11 is 0. The van der Waals surface area contributed by atoms with Crippen molar-refractivity contribution in [1.29, 1.82) is 0 Å². The number of rotatable bonds is 4. The van der Waals surface area contributed by atoms with Crippen molar-refractivity contribution in [2.45, 2.75) is 39.3 Å². The Hall–Kier alpha value is -1.56. The monoisotopic (exact) mass is 254 g/mol. The molecule has 1 fully saturated rings. The molecule has 2 rings (SSSR count). The number of hydrogen-bond donors (Lipinski definition) is 2. The van der Waals surface area contributed by atoms with Crippen molar-refractivity contribution in [3.63, 3.8) is 0 Å². The fourth-order valence-corrected chi connectivity index (χ4v) is 1.94. The van der Waals surface area contributed by atoms with E-state index in [1.54, 1.807) is 6.92 Å². The van der Waals surface area contributed by atoms with Gasteiger partial charge >= 0.3 is 5.97 Å². The Morgan fingerprint density at radius 1 is 1.72 bits per heavy atom. The molecule has 18 heavy (non-hydrogen) atoms. The zero-order valence-electron chi connectivity index (χ0n) is 10.8. The van der Waals surface area contributed by atoms with Gasteiger partial charge in [0, 0.05) is 11.5 Å². The second-order valence-corrected chi connectivity index (χ2v) is 5.03. The number of nitrogens with one attached hydrogen (secondary N) is 1. The van der Waals surface area contributed by atoms with Crippen molar-refractivity contribution in [3.8, 4) is 0 Å². The Bertz CT molecular complexity index is 441. The fraction of sp³-hybridized carbons (Fsp3) is 0.667. The predicted molar refractivity (Wildman–Crippen MR) is 64.3 cm³/mol. The zero-order valence-corrected chi connectivity index (χ0v) is 10.8. The molecule has 1 aliphatic carbocycles. The van der Waals surface area contributed by atoms with Gasteiger partial charge in [-0.25, -0.2) is 4.79 Å². The molecule has 1 heterocycles. The third-order valence-electron chi connectivity index (χ3n) is 3.50. The van der Waals surface area contributed by atoms with Crippen molar-refractivity contribution in [3.05, 3.63) is 12.0 Å². The van der Waals surface area contributed by atoms with Crippen LogP contribution in [0.4, 0.5) is 6.01 Å². The van der Waals surface area contributed by atoms with Gasteiger partial charge < -0.3 is 19.6 Å². The summed E-state index contributed by atoms with van der Waals surface area (Å²) in [5, 5.41) is 12.7. The zero-order chi connectivity index (χ0) is 13.3. The van der Waals surface area contributed by atoms with Crippen LogP contribution in [-0.2, 0) is 4.74 Å². The van der Waals surface area contributed by atoms with Crippen LogP contribution >= 0.6 is 0 Å². The Labute approximate surface area is 105 Å². The highest BCUT2D eigenvalue weighted by Gasteiger charge is 2.47. The molecule has 1 saturated carbocycles. The van der Waals surface area contributed by atoms with E-state index in [1.807, 2.05) is 13.8 Å². The van der Waals surface area contributed by atoms with Gasteiger partial charge in [0.1, 0.15) is 6.26 Å². The van der Waals surface area contributed by atoms with E-state index in [4.69, 9.17) is 9.15 Å². The Morgan fingerprint density at radius 3 is 3.00 bits per heavy atom. The molecular weight excluding hydrogens is 236 g/mol. The molecule has 0 amide bonds. The minimum Gasteiger partial charge on any atom is -0.461 e. The van der Waals surface area contributed by atoms with Crippen molar-refractivity contribution in [2.24, 2.45) is 5.41 Å². The summed E-state index contributed by atoms with van der Waals surface area (Å²) in [5.41, 5.74) is -0.0736. The summed E-state index contributed by atoms with van der Waals surface area (Å²) in [5.74, 6) is -0.498. The number of aromatic nitrogens is 1. The number of aliphatic hydroxyl groups is 1. The smallest absolute Gasteiger partial charge is 0.360 e. The van der Waals surface area contributed by atoms with Gasteiger partial charge in [-0.3, -0.25) is 0 Å². The minimum atomic E-state index is -0.498. The lowest BCUT2D eigenvalue weighted by Crippen LogP contribution is -2.56. The Morgan fingerprint density at radius 2 is 2.44 bits per heavy atom. The van der Waals surface area contributed by atoms with Gasteiger partial charge in [0.2, 0.25) is 0 Å². The first-order chi connectivity index (χ1) is 8.45. The van der Waals surface area contributed by atoms with Crippen molar-refractivity contribution in [1.82, 2.24) is 4.98 Å². The molecule has 0 saturated heterocycles. The molecular formula is C12H18N2O4. The molecule has 6 nitrogen and oxygen atoms in total. The molecule has 1 aromatic rings. The summed E-state index contributed by atoms with van der Waals surface area (Å²) in [6.07, 6.45) is 1.58. The number of esters is 1. The molecule has 0 bridgehead atoms. The SMILES string of the molecule is CCOC(=O)c1coc(NC2CC(O)C2(C)C)n1. The third kappa shape index (κ3) is 2.20. The second kappa shape index (κ2) is 4.61. The summed E-state index contributed by atoms with van der Waals surface area (Å²) in [4.78, 5) is 15.4. The number of nitrogens with zero attached hydrogens (tertiary/aromatic N) is 1. The van der Waals surface area contributed by atoms with E-state index in [1.165, 1.54) is 6.26 Å². The van der Waals surface area contributed by atoms with E-state index in [9.17, 15) is 9.90 Å². The van der Waals surface area contributed by atoms with Gasteiger partial charge in [-0.15, -0.1) is 0 Å². The van der Waals surface area contributed by atoms with Crippen LogP contribution in [0, 0.1) is 5.41 Å². The lowest BCUT2D eigenvalue weighted by atomic mass is 9.65. The maximum absolute atomic E-state index is 11.4. The summed E-state index contributed by atoms with van der Waals surface area (Å²) in [6.45, 7) is 5.97. The first-order valence-electron chi connectivity index (χ1n) is 6.02. The average Bonchev–Trinajstić information content (AvgIpc) is 2.78. The number of anilines is 1. The third-order valence-corrected chi connectivity index (χ3v) is 3.50. The Kier molecular flexibility index (Phi) is 3.30. The van der Waals surface area contributed by atoms with E-state index in [0.29, 0.717) is 13.0 Å². The van der Waals surface area contributed by atoms with Crippen LogP contribution in [0.1, 0.15) is 37.7 Å². The molecule has 0 aliphatic heterocycles. The average molecular weight is 254 g/mol. The first kappa shape index (κ1) is 12.9. The van der Waals surface area contributed by atoms with Gasteiger partial charge in [-0.2, -0.15) is 4.98 Å². The highest BCUT2D eigenvalue weighted by atomic mass is 16.5. The second-order valence-electron chi connectivity index (χ2n) is 5.03. The number of carbonyl (C=O) groups excluding carboxylic acids is 1. The predicted octanol–water partition coefficient (Wildman–Crippen LogP) is 1.42. The maximum Gasteiger partial charge on any atom is 0.360 e. The van der Waals surface area contributed by atoms with Gasteiger partial charge in [-0.05, 0) is 13.3 Å². The summed E-state index contributed by atoms with van der Waals surface area (Å²) < 4.78 is 9.98. The Balaban J connectivity index is 1.98. The summed E-state index contributed by atoms with van der Waals surface area (Å²) in [7, 11) is 0. The standard InChI is InChI=1S/C12H18N2O4/c1-4-17-10(16)7-6-18-11(13-7)14-8-5-9(15)12(8,2)3/h6,8-9,15H,4-5H2,1-3H3,(H,13,14). The topological polar surface area (TPSA) is 84.6 Å². The number of oxazole rings is 1. The first-order valence-corrected chi connectivity index (χ1v) is 6.02. The number of ether oxygens (including phenoxy) is 1. The maximum atomic E-state index is 11.4. The molecule has 2 atom stereocenters. The fourth-order valence-electron chi connectivity index (χ4n) is 1.94. The minimum absolute atomic E-state index is 0.0844. The van der Waals surface area contributed by atoms with Crippen LogP contribution in [0.3, 0.4) is 0 Å². The van der Waals surface area contributed by atoms with E-state index in [2.05, 4.69) is 10.3 Å². The van der Waals surface area contributed by atoms with Crippen LogP contribution < -0.4 is 5.32 Å². The molecule has 0 spiro atoms. The molecule has 0 radical (unpaired) electrons. The molecule has 1 aromatic heterocycles. The highest BCUT2D eigenvalue weighted by molar-refractivity contribution is 5.87. The largest absolute Gasteiger partial charge is 0.461 e. The van der Waals surface area contributed by atoms with E-state index >= 15 is 0 Å². The van der Waals surface area contributed by atoms with E-state index in [0.717, 1.165) is 0 Å². The lowest BCUT2D eigenvalue weighted by molar-refractivity contribution is -0.0517. The van der Waals surface area contributed by atoms with Crippen molar-refractivity contribution >= 4 is 12.0 Å². The van der Waals surface area contributed by atoms with E-state index < -0.39 is 5.97 Å². The van der Waals surface area contributed by atoms with Crippen molar-refractivity contribution < 1.29 is 19.1 Å². The van der Waals surface area contributed by atoms with Crippen molar-refractivity contribution in [2.75, 3.05) is 11.9 Å². The molecule has 6 heteroatoms. The van der Waals surface area contributed by atoms with Crippen LogP contribution in [0.15, 0.2) is 10.7 Å². The molecule has 0 aromatic carbocycles. The van der Waals surface area contributed by atoms with Gasteiger partial charge in [0.05, 0.1) is 12.7 Å². The van der Waals surface area contributed by atoms with Crippen LogP contribution in [0.2, 0.25) is 0 Å². The number of carbonyl (C=O) groups is 1. The van der Waals surface area contributed by atoms with Crippen LogP contribution in [-0.4, -0.2) is 34.8 Å².